The van der Waals surface area contributed by atoms with Crippen LogP contribution in [-0.4, -0.2) is 37.8 Å². The third-order valence-corrected chi connectivity index (χ3v) is 5.08. The Balaban J connectivity index is 2.08. The topological polar surface area (TPSA) is 89.0 Å². The van der Waals surface area contributed by atoms with Crippen molar-refractivity contribution in [1.29, 1.82) is 0 Å². The van der Waals surface area contributed by atoms with Crippen molar-refractivity contribution < 1.29 is 23.5 Å². The van der Waals surface area contributed by atoms with E-state index in [4.69, 9.17) is 15.9 Å². The van der Waals surface area contributed by atoms with Crippen LogP contribution in [0.25, 0.3) is 0 Å². The number of ether oxygens (including phenoxy) is 2. The minimum Gasteiger partial charge on any atom is -0.493 e. The second-order valence-electron chi connectivity index (χ2n) is 6.96. The maximum atomic E-state index is 13.1. The Morgan fingerprint density at radius 1 is 1.28 bits per heavy atom. The molecule has 0 aliphatic rings. The number of carbonyl (C=O) groups excluding carboxylic acids is 2. The highest BCUT2D eigenvalue weighted by Crippen LogP contribution is 2.33. The molecule has 2 aromatic carbocycles. The quantitative estimate of drug-likeness (QED) is 0.217. The maximum absolute atomic E-state index is 13.1. The maximum Gasteiger partial charge on any atom is 0.262 e. The van der Waals surface area contributed by atoms with Crippen LogP contribution in [0.2, 0.25) is 0 Å². The van der Waals surface area contributed by atoms with Crippen LogP contribution >= 0.6 is 22.6 Å². The summed E-state index contributed by atoms with van der Waals surface area (Å²) in [6.45, 7) is 3.69. The first-order valence-corrected chi connectivity index (χ1v) is 10.7. The number of amides is 2. The van der Waals surface area contributed by atoms with Gasteiger partial charge in [-0.15, -0.1) is 6.42 Å². The molecule has 0 fully saturated rings. The van der Waals surface area contributed by atoms with E-state index in [1.54, 1.807) is 26.0 Å². The molecule has 0 saturated heterocycles. The van der Waals surface area contributed by atoms with Crippen molar-refractivity contribution in [2.24, 2.45) is 11.0 Å². The van der Waals surface area contributed by atoms with Gasteiger partial charge in [0.1, 0.15) is 18.5 Å². The van der Waals surface area contributed by atoms with Crippen LogP contribution < -0.4 is 20.2 Å². The molecule has 0 radical (unpaired) electrons. The van der Waals surface area contributed by atoms with Gasteiger partial charge in [-0.1, -0.05) is 19.8 Å². The van der Waals surface area contributed by atoms with E-state index in [1.165, 1.54) is 37.6 Å². The van der Waals surface area contributed by atoms with Crippen LogP contribution in [0.1, 0.15) is 29.8 Å². The van der Waals surface area contributed by atoms with Crippen LogP contribution in [-0.2, 0) is 4.79 Å². The summed E-state index contributed by atoms with van der Waals surface area (Å²) < 4.78 is 24.7. The summed E-state index contributed by atoms with van der Waals surface area (Å²) in [5.74, 6) is 1.78. The molecule has 168 valence electrons. The van der Waals surface area contributed by atoms with Gasteiger partial charge in [-0.05, 0) is 70.5 Å². The molecule has 0 spiro atoms. The number of benzene rings is 2. The fourth-order valence-electron chi connectivity index (χ4n) is 2.67. The number of halogens is 2. The molecule has 0 aromatic heterocycles. The molecule has 0 saturated carbocycles. The Morgan fingerprint density at radius 2 is 1.97 bits per heavy atom. The second kappa shape index (κ2) is 12.0. The predicted molar refractivity (Wildman–Crippen MR) is 128 cm³/mol. The smallest absolute Gasteiger partial charge is 0.262 e. The lowest BCUT2D eigenvalue weighted by molar-refractivity contribution is -0.123. The molecule has 2 rings (SSSR count). The highest BCUT2D eigenvalue weighted by molar-refractivity contribution is 14.1. The predicted octanol–water partition coefficient (Wildman–Crippen LogP) is 3.36. The van der Waals surface area contributed by atoms with Crippen molar-refractivity contribution in [1.82, 2.24) is 10.7 Å². The summed E-state index contributed by atoms with van der Waals surface area (Å²) >= 11 is 2.09. The molecular weight excluding hydrogens is 528 g/mol. The minimum absolute atomic E-state index is 0.107. The first kappa shape index (κ1) is 25.1. The van der Waals surface area contributed by atoms with Crippen LogP contribution in [0.4, 0.5) is 4.39 Å². The first-order valence-electron chi connectivity index (χ1n) is 9.60. The van der Waals surface area contributed by atoms with Gasteiger partial charge < -0.3 is 14.8 Å². The molecule has 32 heavy (non-hydrogen) atoms. The number of nitrogens with one attached hydrogen (secondary N) is 2. The Kier molecular flexibility index (Phi) is 9.46. The van der Waals surface area contributed by atoms with Crippen molar-refractivity contribution in [3.8, 4) is 23.8 Å². The minimum atomic E-state index is -0.834. The third-order valence-electron chi connectivity index (χ3n) is 4.28. The fraction of sp³-hybridized carbons (Fsp3) is 0.261. The Morgan fingerprint density at radius 3 is 2.56 bits per heavy atom. The number of hydrogen-bond acceptors (Lipinski definition) is 5. The monoisotopic (exact) mass is 551 g/mol. The summed E-state index contributed by atoms with van der Waals surface area (Å²) in [5, 5.41) is 6.64. The highest BCUT2D eigenvalue weighted by Gasteiger charge is 2.24. The average molecular weight is 551 g/mol. The zero-order valence-electron chi connectivity index (χ0n) is 17.8. The van der Waals surface area contributed by atoms with Gasteiger partial charge in [-0.3, -0.25) is 9.59 Å². The fourth-order valence-corrected chi connectivity index (χ4v) is 3.45. The molecule has 0 aliphatic heterocycles. The van der Waals surface area contributed by atoms with E-state index < -0.39 is 23.7 Å². The van der Waals surface area contributed by atoms with Gasteiger partial charge in [0.05, 0.1) is 16.9 Å². The highest BCUT2D eigenvalue weighted by atomic mass is 127. The Bertz CT molecular complexity index is 1030. The van der Waals surface area contributed by atoms with Crippen molar-refractivity contribution in [3.05, 3.63) is 56.9 Å². The number of hydrazone groups is 1. The molecule has 9 heteroatoms. The molecule has 1 atom stereocenters. The largest absolute Gasteiger partial charge is 0.493 e. The molecule has 0 heterocycles. The van der Waals surface area contributed by atoms with Crippen molar-refractivity contribution in [2.45, 2.75) is 19.9 Å². The van der Waals surface area contributed by atoms with Gasteiger partial charge in [0.25, 0.3) is 11.8 Å². The van der Waals surface area contributed by atoms with Crippen LogP contribution in [0.3, 0.4) is 0 Å². The summed E-state index contributed by atoms with van der Waals surface area (Å²) in [4.78, 5) is 25.0. The molecular formula is C23H23FIN3O4. The molecule has 2 amide bonds. The van der Waals surface area contributed by atoms with E-state index in [1.807, 2.05) is 0 Å². The summed E-state index contributed by atoms with van der Waals surface area (Å²) in [5.41, 5.74) is 3.35. The van der Waals surface area contributed by atoms with E-state index in [2.05, 4.69) is 44.4 Å². The number of rotatable bonds is 9. The number of nitrogens with zero attached hydrogens (tertiary/aromatic N) is 1. The van der Waals surface area contributed by atoms with Gasteiger partial charge >= 0.3 is 0 Å². The number of terminal acetylenes is 1. The zero-order valence-corrected chi connectivity index (χ0v) is 20.0. The zero-order chi connectivity index (χ0) is 23.7. The number of hydrogen-bond donors (Lipinski definition) is 2. The number of methoxy groups -OCH3 is 1. The van der Waals surface area contributed by atoms with E-state index in [9.17, 15) is 14.0 Å². The Labute approximate surface area is 199 Å². The summed E-state index contributed by atoms with van der Waals surface area (Å²) in [6, 6.07) is 7.72. The van der Waals surface area contributed by atoms with Crippen LogP contribution in [0.15, 0.2) is 41.5 Å². The lowest BCUT2D eigenvalue weighted by atomic mass is 10.0. The van der Waals surface area contributed by atoms with Gasteiger partial charge in [0, 0.05) is 5.56 Å². The molecule has 2 aromatic rings. The summed E-state index contributed by atoms with van der Waals surface area (Å²) in [6.07, 6.45) is 6.69. The first-order chi connectivity index (χ1) is 15.3. The molecule has 1 unspecified atom stereocenters. The van der Waals surface area contributed by atoms with E-state index in [-0.39, 0.29) is 18.1 Å². The van der Waals surface area contributed by atoms with E-state index >= 15 is 0 Å². The summed E-state index contributed by atoms with van der Waals surface area (Å²) in [7, 11) is 1.51. The van der Waals surface area contributed by atoms with Crippen LogP contribution in [0.5, 0.6) is 11.5 Å². The molecule has 0 aliphatic carbocycles. The standard InChI is InChI=1S/C23H23FIN3O4/c1-5-10-32-21-18(25)11-15(12-19(21)31-4)13-26-28-23(30)20(14(2)3)27-22(29)16-6-8-17(24)9-7-16/h1,6-9,11-14,20H,10H2,2-4H3,(H,27,29)(H,28,30). The molecule has 0 bridgehead atoms. The molecule has 7 nitrogen and oxygen atoms in total. The van der Waals surface area contributed by atoms with Gasteiger partial charge in [-0.25, -0.2) is 9.82 Å². The van der Waals surface area contributed by atoms with Crippen molar-refractivity contribution in [2.75, 3.05) is 13.7 Å². The van der Waals surface area contributed by atoms with E-state index in [0.29, 0.717) is 17.1 Å². The van der Waals surface area contributed by atoms with Crippen molar-refractivity contribution in [3.63, 3.8) is 0 Å². The van der Waals surface area contributed by atoms with E-state index in [0.717, 1.165) is 3.57 Å². The number of carbonyl (C=O) groups is 2. The lowest BCUT2D eigenvalue weighted by Crippen LogP contribution is -2.48. The normalized spacial score (nSPS) is 11.7. The average Bonchev–Trinajstić information content (AvgIpc) is 2.76. The van der Waals surface area contributed by atoms with Gasteiger partial charge in [-0.2, -0.15) is 5.10 Å². The van der Waals surface area contributed by atoms with Gasteiger partial charge in [0.15, 0.2) is 11.5 Å². The van der Waals surface area contributed by atoms with Gasteiger partial charge in [0.2, 0.25) is 0 Å². The Hall–Kier alpha value is -3.13. The SMILES string of the molecule is C#CCOc1c(I)cc(C=NNC(=O)C(NC(=O)c2ccc(F)cc2)C(C)C)cc1OC. The third kappa shape index (κ3) is 6.95. The second-order valence-corrected chi connectivity index (χ2v) is 8.13. The van der Waals surface area contributed by atoms with Crippen molar-refractivity contribution >= 4 is 40.6 Å². The lowest BCUT2D eigenvalue weighted by Gasteiger charge is -2.20. The molecule has 2 N–H and O–H groups in total. The van der Waals surface area contributed by atoms with Crippen LogP contribution in [0, 0.1) is 27.6 Å².